The number of para-hydroxylation sites is 1. The summed E-state index contributed by atoms with van der Waals surface area (Å²) in [4.78, 5) is 30.9. The standard InChI is InChI=1S/C26H30FN3O4S/c1-18(16-25(31)29-14-12-28(13-15-29)24-5-3-2-4-22(24)27)35(33,34)21-8-9-23-20(17-21)10-11-30(23)26(32)19-6-7-19/h2-5,8-9,17-19H,6-7,10-16H2,1H3/t18-/m0/s1. The van der Waals surface area contributed by atoms with Crippen LogP contribution < -0.4 is 9.80 Å². The fourth-order valence-corrected chi connectivity index (χ4v) is 6.35. The molecule has 2 aromatic rings. The molecule has 2 heterocycles. The van der Waals surface area contributed by atoms with Crippen molar-refractivity contribution >= 4 is 33.0 Å². The van der Waals surface area contributed by atoms with Crippen molar-refractivity contribution in [3.63, 3.8) is 0 Å². The predicted octanol–water partition coefficient (Wildman–Crippen LogP) is 3.03. The Kier molecular flexibility index (Phi) is 6.29. The van der Waals surface area contributed by atoms with E-state index in [9.17, 15) is 22.4 Å². The van der Waals surface area contributed by atoms with Crippen molar-refractivity contribution in [2.45, 2.75) is 42.8 Å². The number of piperazine rings is 1. The fraction of sp³-hybridized carbons (Fsp3) is 0.462. The molecule has 1 saturated carbocycles. The quantitative estimate of drug-likeness (QED) is 0.611. The molecule has 0 radical (unpaired) electrons. The monoisotopic (exact) mass is 499 g/mol. The Balaban J connectivity index is 1.21. The summed E-state index contributed by atoms with van der Waals surface area (Å²) in [6.07, 6.45) is 2.39. The summed E-state index contributed by atoms with van der Waals surface area (Å²) < 4.78 is 40.6. The van der Waals surface area contributed by atoms with Crippen LogP contribution in [-0.2, 0) is 25.8 Å². The van der Waals surface area contributed by atoms with Crippen molar-refractivity contribution in [3.8, 4) is 0 Å². The lowest BCUT2D eigenvalue weighted by Crippen LogP contribution is -2.49. The summed E-state index contributed by atoms with van der Waals surface area (Å²) in [5.74, 6) is -0.254. The zero-order valence-corrected chi connectivity index (χ0v) is 20.6. The van der Waals surface area contributed by atoms with Crippen molar-refractivity contribution < 1.29 is 22.4 Å². The Labute approximate surface area is 205 Å². The van der Waals surface area contributed by atoms with Crippen LogP contribution in [-0.4, -0.2) is 63.1 Å². The zero-order valence-electron chi connectivity index (χ0n) is 19.8. The van der Waals surface area contributed by atoms with Gasteiger partial charge in [-0.2, -0.15) is 0 Å². The van der Waals surface area contributed by atoms with E-state index in [1.165, 1.54) is 6.07 Å². The lowest BCUT2D eigenvalue weighted by Gasteiger charge is -2.36. The highest BCUT2D eigenvalue weighted by atomic mass is 32.2. The Morgan fingerprint density at radius 1 is 1.00 bits per heavy atom. The van der Waals surface area contributed by atoms with E-state index >= 15 is 0 Å². The number of anilines is 2. The normalized spacial score (nSPS) is 19.0. The molecule has 7 nitrogen and oxygen atoms in total. The van der Waals surface area contributed by atoms with E-state index in [1.807, 2.05) is 4.90 Å². The average Bonchev–Trinajstić information content (AvgIpc) is 3.62. The van der Waals surface area contributed by atoms with Crippen LogP contribution in [0.2, 0.25) is 0 Å². The number of benzene rings is 2. The van der Waals surface area contributed by atoms with Gasteiger partial charge in [-0.05, 0) is 62.1 Å². The third kappa shape index (κ3) is 4.66. The highest BCUT2D eigenvalue weighted by molar-refractivity contribution is 7.92. The van der Waals surface area contributed by atoms with Gasteiger partial charge >= 0.3 is 0 Å². The van der Waals surface area contributed by atoms with Crippen LogP contribution in [0.15, 0.2) is 47.4 Å². The first kappa shape index (κ1) is 23.8. The molecule has 0 N–H and O–H groups in total. The second-order valence-electron chi connectivity index (χ2n) is 9.68. The molecule has 0 unspecified atom stereocenters. The van der Waals surface area contributed by atoms with Gasteiger partial charge in [0.25, 0.3) is 0 Å². The van der Waals surface area contributed by atoms with Gasteiger partial charge in [0.15, 0.2) is 9.84 Å². The summed E-state index contributed by atoms with van der Waals surface area (Å²) in [7, 11) is -3.71. The molecule has 0 aromatic heterocycles. The average molecular weight is 500 g/mol. The Morgan fingerprint density at radius 2 is 1.71 bits per heavy atom. The Morgan fingerprint density at radius 3 is 2.40 bits per heavy atom. The van der Waals surface area contributed by atoms with E-state index in [1.54, 1.807) is 53.1 Å². The number of carbonyl (C=O) groups is 2. The van der Waals surface area contributed by atoms with Crippen LogP contribution in [0.1, 0.15) is 31.7 Å². The number of hydrogen-bond acceptors (Lipinski definition) is 5. The minimum atomic E-state index is -3.71. The first-order valence-electron chi connectivity index (χ1n) is 12.2. The maximum Gasteiger partial charge on any atom is 0.230 e. The van der Waals surface area contributed by atoms with Crippen molar-refractivity contribution in [1.29, 1.82) is 0 Å². The molecule has 0 bridgehead atoms. The van der Waals surface area contributed by atoms with Gasteiger partial charge in [0, 0.05) is 50.7 Å². The Bertz CT molecular complexity index is 1250. The van der Waals surface area contributed by atoms with E-state index in [2.05, 4.69) is 0 Å². The summed E-state index contributed by atoms with van der Waals surface area (Å²) >= 11 is 0. The highest BCUT2D eigenvalue weighted by Gasteiger charge is 2.37. The van der Waals surface area contributed by atoms with E-state index < -0.39 is 15.1 Å². The molecule has 35 heavy (non-hydrogen) atoms. The van der Waals surface area contributed by atoms with Crippen molar-refractivity contribution in [2.24, 2.45) is 5.92 Å². The molecule has 2 fully saturated rings. The molecular formula is C26H30FN3O4S. The third-order valence-corrected chi connectivity index (χ3v) is 9.42. The fourth-order valence-electron chi connectivity index (χ4n) is 4.96. The topological polar surface area (TPSA) is 78.0 Å². The second-order valence-corrected chi connectivity index (χ2v) is 12.0. The van der Waals surface area contributed by atoms with Gasteiger partial charge in [-0.1, -0.05) is 12.1 Å². The maximum atomic E-state index is 14.1. The largest absolute Gasteiger partial charge is 0.366 e. The first-order chi connectivity index (χ1) is 16.8. The van der Waals surface area contributed by atoms with Crippen LogP contribution in [0.25, 0.3) is 0 Å². The molecule has 2 amide bonds. The lowest BCUT2D eigenvalue weighted by molar-refractivity contribution is -0.131. The van der Waals surface area contributed by atoms with Crippen LogP contribution in [0.5, 0.6) is 0 Å². The number of rotatable bonds is 6. The van der Waals surface area contributed by atoms with Gasteiger partial charge < -0.3 is 14.7 Å². The van der Waals surface area contributed by atoms with E-state index in [0.29, 0.717) is 44.8 Å². The molecule has 0 spiro atoms. The van der Waals surface area contributed by atoms with E-state index in [0.717, 1.165) is 24.1 Å². The van der Waals surface area contributed by atoms with Gasteiger partial charge in [-0.15, -0.1) is 0 Å². The molecule has 1 saturated heterocycles. The van der Waals surface area contributed by atoms with Crippen molar-refractivity contribution in [1.82, 2.24) is 4.90 Å². The van der Waals surface area contributed by atoms with Crippen LogP contribution in [0, 0.1) is 11.7 Å². The van der Waals surface area contributed by atoms with Crippen molar-refractivity contribution in [2.75, 3.05) is 42.5 Å². The van der Waals surface area contributed by atoms with Gasteiger partial charge in [0.2, 0.25) is 11.8 Å². The molecule has 9 heteroatoms. The smallest absolute Gasteiger partial charge is 0.230 e. The number of sulfone groups is 1. The SMILES string of the molecule is C[C@@H](CC(=O)N1CCN(c2ccccc2F)CC1)S(=O)(=O)c1ccc2c(c1)CCN2C(=O)C1CC1. The molecule has 5 rings (SSSR count). The number of nitrogens with zero attached hydrogens (tertiary/aromatic N) is 3. The number of hydrogen-bond donors (Lipinski definition) is 0. The van der Waals surface area contributed by atoms with Gasteiger partial charge in [-0.25, -0.2) is 12.8 Å². The van der Waals surface area contributed by atoms with Gasteiger partial charge in [0.05, 0.1) is 15.8 Å². The molecular weight excluding hydrogens is 469 g/mol. The number of fused-ring (bicyclic) bond motifs is 1. The minimum absolute atomic E-state index is 0.106. The molecule has 1 aliphatic carbocycles. The third-order valence-electron chi connectivity index (χ3n) is 7.28. The van der Waals surface area contributed by atoms with Gasteiger partial charge in [-0.3, -0.25) is 9.59 Å². The summed E-state index contributed by atoms with van der Waals surface area (Å²) in [6, 6.07) is 11.5. The number of carbonyl (C=O) groups excluding carboxylic acids is 2. The molecule has 2 aromatic carbocycles. The molecule has 186 valence electrons. The van der Waals surface area contributed by atoms with E-state index in [-0.39, 0.29) is 34.9 Å². The molecule has 1 atom stereocenters. The predicted molar refractivity (Wildman–Crippen MR) is 132 cm³/mol. The van der Waals surface area contributed by atoms with Crippen LogP contribution >= 0.6 is 0 Å². The number of halogens is 1. The summed E-state index contributed by atoms with van der Waals surface area (Å²) in [5.41, 5.74) is 2.18. The van der Waals surface area contributed by atoms with Gasteiger partial charge in [0.1, 0.15) is 5.82 Å². The summed E-state index contributed by atoms with van der Waals surface area (Å²) in [5, 5.41) is -0.872. The zero-order chi connectivity index (χ0) is 24.7. The molecule has 3 aliphatic rings. The van der Waals surface area contributed by atoms with Crippen molar-refractivity contribution in [3.05, 3.63) is 53.8 Å². The maximum absolute atomic E-state index is 14.1. The van der Waals surface area contributed by atoms with Crippen LogP contribution in [0.4, 0.5) is 15.8 Å². The highest BCUT2D eigenvalue weighted by Crippen LogP contribution is 2.37. The van der Waals surface area contributed by atoms with Crippen LogP contribution in [0.3, 0.4) is 0 Å². The Hall–Kier alpha value is -2.94. The lowest BCUT2D eigenvalue weighted by atomic mass is 10.2. The minimum Gasteiger partial charge on any atom is -0.366 e. The summed E-state index contributed by atoms with van der Waals surface area (Å²) in [6.45, 7) is 3.98. The first-order valence-corrected chi connectivity index (χ1v) is 13.8. The number of amides is 2. The second kappa shape index (κ2) is 9.26. The van der Waals surface area contributed by atoms with E-state index in [4.69, 9.17) is 0 Å². The molecule has 2 aliphatic heterocycles.